The molecule has 52 valence electrons. The molecule has 0 fully saturated rings. The van der Waals surface area contributed by atoms with Crippen LogP contribution >= 0.6 is 0 Å². The van der Waals surface area contributed by atoms with Gasteiger partial charge in [-0.2, -0.15) is 0 Å². The van der Waals surface area contributed by atoms with E-state index in [2.05, 4.69) is 0 Å². The van der Waals surface area contributed by atoms with Gasteiger partial charge in [0.1, 0.15) is 0 Å². The first-order valence-electron chi connectivity index (χ1n) is 1.17. The minimum Gasteiger partial charge on any atom is -0.736 e. The predicted octanol–water partition coefficient (Wildman–Crippen LogP) is -2.39. The fourth-order valence-electron chi connectivity index (χ4n) is 0. The molecule has 0 amide bonds. The van der Waals surface area contributed by atoms with Crippen LogP contribution in [0, 0.1) is 0 Å². The molecular formula is O6S2Sn. The standard InChI is InChI=1S/H2O6S2.Sn/c1-7(2,3)8(4,5)6;/h(H,1,2,3)(H,4,5,6);/q;+2/p-2. The molecule has 0 aliphatic heterocycles. The van der Waals surface area contributed by atoms with E-state index < -0.39 is 18.3 Å². The van der Waals surface area contributed by atoms with Crippen molar-refractivity contribution in [3.8, 4) is 0 Å². The van der Waals surface area contributed by atoms with E-state index in [4.69, 9.17) is 0 Å². The quantitative estimate of drug-likeness (QED) is 0.300. The Morgan fingerprint density at radius 3 is 0.889 bits per heavy atom. The number of hydrogen-bond acceptors (Lipinski definition) is 6. The maximum Gasteiger partial charge on any atom is 2.00 e. The summed E-state index contributed by atoms with van der Waals surface area (Å²) in [6, 6.07) is 0. The van der Waals surface area contributed by atoms with E-state index in [1.54, 1.807) is 0 Å². The Morgan fingerprint density at radius 2 is 0.889 bits per heavy atom. The van der Waals surface area contributed by atoms with Gasteiger partial charge in [0.2, 0.25) is 0 Å². The number of rotatable bonds is 1. The Morgan fingerprint density at radius 1 is 0.778 bits per heavy atom. The van der Waals surface area contributed by atoms with Crippen molar-refractivity contribution in [3.05, 3.63) is 0 Å². The van der Waals surface area contributed by atoms with E-state index in [9.17, 15) is 25.9 Å². The molecule has 0 bridgehead atoms. The van der Waals surface area contributed by atoms with Gasteiger partial charge in [-0.1, -0.05) is 0 Å². The van der Waals surface area contributed by atoms with Gasteiger partial charge in [-0.05, 0) is 0 Å². The van der Waals surface area contributed by atoms with E-state index in [-0.39, 0.29) is 23.9 Å². The molecular weight excluding hydrogens is 279 g/mol. The SMILES string of the molecule is O=S(=O)([O-])S(=O)(=O)[O-].[Sn+2]. The second-order valence-electron chi connectivity index (χ2n) is 0.816. The first-order valence-corrected chi connectivity index (χ1v) is 4.50. The van der Waals surface area contributed by atoms with Crippen molar-refractivity contribution in [2.24, 2.45) is 0 Å². The molecule has 9 heavy (non-hydrogen) atoms. The summed E-state index contributed by atoms with van der Waals surface area (Å²) in [5.74, 6) is 0. The molecule has 0 aromatic rings. The van der Waals surface area contributed by atoms with Crippen LogP contribution in [0.2, 0.25) is 0 Å². The molecule has 0 unspecified atom stereocenters. The molecule has 0 atom stereocenters. The van der Waals surface area contributed by atoms with Crippen LogP contribution in [-0.2, 0) is 18.3 Å². The fourth-order valence-corrected chi connectivity index (χ4v) is 0. The maximum absolute atomic E-state index is 9.20. The average molecular weight is 279 g/mol. The molecule has 0 N–H and O–H groups in total. The predicted molar refractivity (Wildman–Crippen MR) is 25.1 cm³/mol. The van der Waals surface area contributed by atoms with Gasteiger partial charge in [0.05, 0.1) is 0 Å². The van der Waals surface area contributed by atoms with Crippen LogP contribution in [0.3, 0.4) is 0 Å². The molecule has 0 heterocycles. The van der Waals surface area contributed by atoms with Crippen molar-refractivity contribution in [2.45, 2.75) is 0 Å². The first kappa shape index (κ1) is 12.3. The normalized spacial score (nSPS) is 12.2. The smallest absolute Gasteiger partial charge is 0.736 e. The summed E-state index contributed by atoms with van der Waals surface area (Å²) in [6.07, 6.45) is 0. The zero-order valence-corrected chi connectivity index (χ0v) is 8.25. The monoisotopic (exact) mass is 280 g/mol. The summed E-state index contributed by atoms with van der Waals surface area (Å²) in [7, 11) is -11.3. The summed E-state index contributed by atoms with van der Waals surface area (Å²) >= 11 is 0. The Hall–Kier alpha value is 0.619. The van der Waals surface area contributed by atoms with Crippen LogP contribution in [0.1, 0.15) is 0 Å². The van der Waals surface area contributed by atoms with Gasteiger partial charge >= 0.3 is 23.9 Å². The molecule has 0 saturated carbocycles. The summed E-state index contributed by atoms with van der Waals surface area (Å²) < 4.78 is 55.2. The molecule has 0 spiro atoms. The molecule has 0 saturated heterocycles. The minimum absolute atomic E-state index is 0. The molecule has 0 aliphatic rings. The molecule has 0 rings (SSSR count). The molecule has 0 aromatic heterocycles. The Kier molecular flexibility index (Phi) is 4.30. The van der Waals surface area contributed by atoms with Crippen molar-refractivity contribution in [1.29, 1.82) is 0 Å². The zero-order valence-electron chi connectivity index (χ0n) is 3.77. The van der Waals surface area contributed by atoms with E-state index in [0.29, 0.717) is 0 Å². The van der Waals surface area contributed by atoms with Gasteiger partial charge in [0.15, 0.2) is 18.3 Å². The molecule has 0 aromatic carbocycles. The molecule has 2 radical (unpaired) electrons. The zero-order chi connectivity index (χ0) is 7.00. The summed E-state index contributed by atoms with van der Waals surface area (Å²) in [6.45, 7) is 0. The largest absolute Gasteiger partial charge is 2.00 e. The topological polar surface area (TPSA) is 114 Å². The van der Waals surface area contributed by atoms with Gasteiger partial charge in [-0.3, -0.25) is 0 Å². The summed E-state index contributed by atoms with van der Waals surface area (Å²) in [5.41, 5.74) is 0. The third-order valence-electron chi connectivity index (χ3n) is 0.250. The van der Waals surface area contributed by atoms with Crippen LogP contribution in [0.5, 0.6) is 0 Å². The first-order chi connectivity index (χ1) is 3.25. The van der Waals surface area contributed by atoms with Crippen LogP contribution in [0.25, 0.3) is 0 Å². The van der Waals surface area contributed by atoms with Gasteiger partial charge in [0.25, 0.3) is 0 Å². The van der Waals surface area contributed by atoms with Gasteiger partial charge < -0.3 is 9.11 Å². The Bertz CT molecular complexity index is 223. The second kappa shape index (κ2) is 3.14. The van der Waals surface area contributed by atoms with Crippen molar-refractivity contribution < 1.29 is 25.9 Å². The van der Waals surface area contributed by atoms with Crippen molar-refractivity contribution in [1.82, 2.24) is 0 Å². The summed E-state index contributed by atoms with van der Waals surface area (Å²) in [5, 5.41) is 0. The Balaban J connectivity index is 0. The fraction of sp³-hybridized carbons (Fsp3) is 0. The third-order valence-corrected chi connectivity index (χ3v) is 2.25. The van der Waals surface area contributed by atoms with Gasteiger partial charge in [-0.15, -0.1) is 0 Å². The molecule has 0 aliphatic carbocycles. The van der Waals surface area contributed by atoms with E-state index in [1.807, 2.05) is 0 Å². The van der Waals surface area contributed by atoms with Crippen molar-refractivity contribution in [2.75, 3.05) is 0 Å². The maximum atomic E-state index is 9.20. The van der Waals surface area contributed by atoms with E-state index >= 15 is 0 Å². The van der Waals surface area contributed by atoms with Crippen LogP contribution < -0.4 is 0 Å². The van der Waals surface area contributed by atoms with E-state index in [1.165, 1.54) is 0 Å². The average Bonchev–Trinajstić information content (AvgIpc) is 1.25. The van der Waals surface area contributed by atoms with Crippen molar-refractivity contribution >= 4 is 42.2 Å². The van der Waals surface area contributed by atoms with Gasteiger partial charge in [0, 0.05) is 0 Å². The second-order valence-corrected chi connectivity index (χ2v) is 4.90. The minimum atomic E-state index is -5.67. The van der Waals surface area contributed by atoms with Crippen molar-refractivity contribution in [3.63, 3.8) is 0 Å². The molecule has 6 nitrogen and oxygen atoms in total. The van der Waals surface area contributed by atoms with Gasteiger partial charge in [-0.25, -0.2) is 16.8 Å². The third kappa shape index (κ3) is 4.08. The van der Waals surface area contributed by atoms with Crippen LogP contribution in [-0.4, -0.2) is 49.8 Å². The molecule has 9 heteroatoms. The van der Waals surface area contributed by atoms with E-state index in [0.717, 1.165) is 0 Å². The van der Waals surface area contributed by atoms with Crippen LogP contribution in [0.15, 0.2) is 0 Å². The number of hydrogen-bond donors (Lipinski definition) is 0. The summed E-state index contributed by atoms with van der Waals surface area (Å²) in [4.78, 5) is 0. The Labute approximate surface area is 68.1 Å². The van der Waals surface area contributed by atoms with Crippen LogP contribution in [0.4, 0.5) is 0 Å².